The van der Waals surface area contributed by atoms with Crippen LogP contribution < -0.4 is 10.2 Å². The first-order valence-electron chi connectivity index (χ1n) is 12.0. The molecule has 2 aliphatic heterocycles. The largest absolute Gasteiger partial charge is 0.444 e. The summed E-state index contributed by atoms with van der Waals surface area (Å²) in [7, 11) is 0. The van der Waals surface area contributed by atoms with Gasteiger partial charge in [0.1, 0.15) is 5.60 Å². The highest BCUT2D eigenvalue weighted by atomic mass is 16.6. The van der Waals surface area contributed by atoms with E-state index in [2.05, 4.69) is 11.4 Å². The molecule has 0 aromatic heterocycles. The summed E-state index contributed by atoms with van der Waals surface area (Å²) >= 11 is 0. The highest BCUT2D eigenvalue weighted by Gasteiger charge is 2.28. The summed E-state index contributed by atoms with van der Waals surface area (Å²) in [6.07, 6.45) is 2.54. The van der Waals surface area contributed by atoms with Crippen molar-refractivity contribution < 1.29 is 19.1 Å². The number of carbonyl (C=O) groups is 3. The smallest absolute Gasteiger partial charge is 0.410 e. The van der Waals surface area contributed by atoms with Gasteiger partial charge in [-0.25, -0.2) is 4.79 Å². The van der Waals surface area contributed by atoms with Crippen molar-refractivity contribution in [3.05, 3.63) is 59.7 Å². The van der Waals surface area contributed by atoms with E-state index in [9.17, 15) is 14.4 Å². The molecule has 0 bridgehead atoms. The van der Waals surface area contributed by atoms with Crippen LogP contribution in [0.25, 0.3) is 0 Å². The van der Waals surface area contributed by atoms with Crippen molar-refractivity contribution in [2.75, 3.05) is 29.9 Å². The summed E-state index contributed by atoms with van der Waals surface area (Å²) in [6, 6.07) is 15.1. The van der Waals surface area contributed by atoms with Gasteiger partial charge < -0.3 is 19.9 Å². The minimum absolute atomic E-state index is 0.0282. The van der Waals surface area contributed by atoms with Crippen LogP contribution in [-0.2, 0) is 16.0 Å². The highest BCUT2D eigenvalue weighted by molar-refractivity contribution is 6.07. The third kappa shape index (κ3) is 5.76. The van der Waals surface area contributed by atoms with Gasteiger partial charge >= 0.3 is 6.09 Å². The summed E-state index contributed by atoms with van der Waals surface area (Å²) < 4.78 is 5.43. The Morgan fingerprint density at radius 1 is 0.971 bits per heavy atom. The van der Waals surface area contributed by atoms with Gasteiger partial charge in [0.2, 0.25) is 5.91 Å². The highest BCUT2D eigenvalue weighted by Crippen LogP contribution is 2.29. The van der Waals surface area contributed by atoms with E-state index in [1.807, 2.05) is 43.9 Å². The zero-order valence-corrected chi connectivity index (χ0v) is 20.2. The molecule has 1 fully saturated rings. The molecule has 34 heavy (non-hydrogen) atoms. The first-order valence-corrected chi connectivity index (χ1v) is 12.0. The second-order valence-corrected chi connectivity index (χ2v) is 10.1. The number of benzene rings is 2. The second-order valence-electron chi connectivity index (χ2n) is 10.1. The molecule has 7 heteroatoms. The first kappa shape index (κ1) is 23.8. The molecule has 0 atom stereocenters. The number of anilines is 2. The van der Waals surface area contributed by atoms with Crippen LogP contribution in [0.4, 0.5) is 16.2 Å². The van der Waals surface area contributed by atoms with Gasteiger partial charge in [0.25, 0.3) is 5.91 Å². The second kappa shape index (κ2) is 9.87. The lowest BCUT2D eigenvalue weighted by molar-refractivity contribution is -0.117. The summed E-state index contributed by atoms with van der Waals surface area (Å²) in [4.78, 5) is 41.2. The van der Waals surface area contributed by atoms with Crippen molar-refractivity contribution >= 4 is 29.3 Å². The number of likely N-dealkylation sites (tertiary alicyclic amines) is 1. The fraction of sp³-hybridized carbons (Fsp3) is 0.444. The SMILES string of the molecule is CC(C)(C)OC(=O)N1CCC(CC(=O)Nc2ccc(C(=O)N3CCc4ccccc43)cc2)CC1. The molecule has 1 N–H and O–H groups in total. The van der Waals surface area contributed by atoms with Gasteiger partial charge in [-0.05, 0) is 81.8 Å². The van der Waals surface area contributed by atoms with Crippen molar-refractivity contribution in [2.24, 2.45) is 5.92 Å². The standard InChI is InChI=1S/C27H33N3O4/c1-27(2,3)34-26(33)29-15-12-19(13-16-29)18-24(31)28-22-10-8-21(9-11-22)25(32)30-17-14-20-6-4-5-7-23(20)30/h4-11,19H,12-18H2,1-3H3,(H,28,31). The number of amides is 3. The fourth-order valence-corrected chi connectivity index (χ4v) is 4.52. The third-order valence-electron chi connectivity index (χ3n) is 6.29. The van der Waals surface area contributed by atoms with Gasteiger partial charge in [0.05, 0.1) is 0 Å². The Morgan fingerprint density at radius 3 is 2.32 bits per heavy atom. The molecule has 2 aromatic carbocycles. The number of hydrogen-bond acceptors (Lipinski definition) is 4. The van der Waals surface area contributed by atoms with E-state index in [1.165, 1.54) is 5.56 Å². The molecule has 4 rings (SSSR count). The number of nitrogens with one attached hydrogen (secondary N) is 1. The van der Waals surface area contributed by atoms with Gasteiger partial charge in [-0.2, -0.15) is 0 Å². The third-order valence-corrected chi connectivity index (χ3v) is 6.29. The van der Waals surface area contributed by atoms with E-state index < -0.39 is 5.60 Å². The number of hydrogen-bond donors (Lipinski definition) is 1. The lowest BCUT2D eigenvalue weighted by atomic mass is 9.93. The predicted octanol–water partition coefficient (Wildman–Crippen LogP) is 4.87. The van der Waals surface area contributed by atoms with Gasteiger partial charge in [-0.3, -0.25) is 9.59 Å². The number of carbonyl (C=O) groups excluding carboxylic acids is 3. The molecular formula is C27H33N3O4. The Balaban J connectivity index is 1.25. The van der Waals surface area contributed by atoms with E-state index in [4.69, 9.17) is 4.74 Å². The topological polar surface area (TPSA) is 79.0 Å². The van der Waals surface area contributed by atoms with E-state index in [-0.39, 0.29) is 23.8 Å². The Hall–Kier alpha value is -3.35. The number of piperidine rings is 1. The molecule has 180 valence electrons. The van der Waals surface area contributed by atoms with E-state index in [0.29, 0.717) is 37.3 Å². The van der Waals surface area contributed by atoms with E-state index >= 15 is 0 Å². The molecule has 0 radical (unpaired) electrons. The lowest BCUT2D eigenvalue weighted by Gasteiger charge is -2.33. The number of rotatable bonds is 4. The number of fused-ring (bicyclic) bond motifs is 1. The Bertz CT molecular complexity index is 1050. The molecule has 0 unspecified atom stereocenters. The molecular weight excluding hydrogens is 430 g/mol. The molecule has 2 aliphatic rings. The molecule has 2 aromatic rings. The summed E-state index contributed by atoms with van der Waals surface area (Å²) in [5.41, 5.74) is 2.94. The van der Waals surface area contributed by atoms with Crippen LogP contribution in [0.15, 0.2) is 48.5 Å². The van der Waals surface area contributed by atoms with Crippen molar-refractivity contribution in [1.29, 1.82) is 0 Å². The average Bonchev–Trinajstić information content (AvgIpc) is 3.22. The van der Waals surface area contributed by atoms with Crippen molar-refractivity contribution in [1.82, 2.24) is 4.90 Å². The van der Waals surface area contributed by atoms with Crippen LogP contribution in [0.3, 0.4) is 0 Å². The number of nitrogens with zero attached hydrogens (tertiary/aromatic N) is 2. The van der Waals surface area contributed by atoms with Crippen molar-refractivity contribution in [3.8, 4) is 0 Å². The summed E-state index contributed by atoms with van der Waals surface area (Å²) in [5.74, 6) is 0.151. The summed E-state index contributed by atoms with van der Waals surface area (Å²) in [5, 5.41) is 2.94. The molecule has 7 nitrogen and oxygen atoms in total. The van der Waals surface area contributed by atoms with Gasteiger partial charge in [-0.15, -0.1) is 0 Å². The van der Waals surface area contributed by atoms with Crippen LogP contribution in [0.5, 0.6) is 0 Å². The van der Waals surface area contributed by atoms with Crippen LogP contribution in [0.2, 0.25) is 0 Å². The zero-order valence-electron chi connectivity index (χ0n) is 20.2. The van der Waals surface area contributed by atoms with Crippen LogP contribution >= 0.6 is 0 Å². The Kier molecular flexibility index (Phi) is 6.91. The molecule has 0 spiro atoms. The monoisotopic (exact) mass is 463 g/mol. The van der Waals surface area contributed by atoms with Crippen LogP contribution in [-0.4, -0.2) is 48.0 Å². The van der Waals surface area contributed by atoms with Crippen LogP contribution in [0, 0.1) is 5.92 Å². The normalized spacial score (nSPS) is 16.2. The maximum Gasteiger partial charge on any atom is 0.410 e. The van der Waals surface area contributed by atoms with Crippen molar-refractivity contribution in [2.45, 2.75) is 52.1 Å². The molecule has 3 amide bonds. The van der Waals surface area contributed by atoms with E-state index in [0.717, 1.165) is 24.9 Å². The van der Waals surface area contributed by atoms with Crippen molar-refractivity contribution in [3.63, 3.8) is 0 Å². The maximum absolute atomic E-state index is 13.0. The maximum atomic E-state index is 13.0. The van der Waals surface area contributed by atoms with Gasteiger partial charge in [-0.1, -0.05) is 18.2 Å². The van der Waals surface area contributed by atoms with Crippen LogP contribution in [0.1, 0.15) is 56.0 Å². The first-order chi connectivity index (χ1) is 16.2. The zero-order chi connectivity index (χ0) is 24.3. The fourth-order valence-electron chi connectivity index (χ4n) is 4.52. The molecule has 2 heterocycles. The molecule has 0 aliphatic carbocycles. The average molecular weight is 464 g/mol. The van der Waals surface area contributed by atoms with Gasteiger partial charge in [0, 0.05) is 43.0 Å². The summed E-state index contributed by atoms with van der Waals surface area (Å²) in [6.45, 7) is 7.46. The van der Waals surface area contributed by atoms with Gasteiger partial charge in [0.15, 0.2) is 0 Å². The Labute approximate surface area is 201 Å². The molecule has 0 saturated carbocycles. The number of para-hydroxylation sites is 1. The Morgan fingerprint density at radius 2 is 1.65 bits per heavy atom. The predicted molar refractivity (Wildman–Crippen MR) is 132 cm³/mol. The quantitative estimate of drug-likeness (QED) is 0.702. The van der Waals surface area contributed by atoms with E-state index in [1.54, 1.807) is 29.2 Å². The molecule has 1 saturated heterocycles. The minimum Gasteiger partial charge on any atom is -0.444 e. The lowest BCUT2D eigenvalue weighted by Crippen LogP contribution is -2.42. The number of ether oxygens (including phenoxy) is 1. The minimum atomic E-state index is -0.507.